The van der Waals surface area contributed by atoms with Crippen molar-refractivity contribution >= 4 is 69.6 Å². The second-order valence-electron chi connectivity index (χ2n) is 9.07. The SMILES string of the molecule is CCC/C(C(=O)Nc1ccc(Cl)cc1Cl)=C(CCC)/C(CCC)=C(/CCC)C(=O)Nc1ccc(Cl)cc1Cl. The van der Waals surface area contributed by atoms with Crippen LogP contribution >= 0.6 is 46.4 Å². The van der Waals surface area contributed by atoms with Crippen molar-refractivity contribution in [2.75, 3.05) is 10.6 Å². The summed E-state index contributed by atoms with van der Waals surface area (Å²) in [6.07, 6.45) is 5.71. The molecular formula is C30H36Cl4N2O2. The molecule has 38 heavy (non-hydrogen) atoms. The molecule has 0 saturated heterocycles. The topological polar surface area (TPSA) is 58.2 Å². The highest BCUT2D eigenvalue weighted by molar-refractivity contribution is 6.37. The van der Waals surface area contributed by atoms with Crippen molar-refractivity contribution in [3.63, 3.8) is 0 Å². The van der Waals surface area contributed by atoms with Crippen molar-refractivity contribution in [3.05, 3.63) is 78.8 Å². The molecule has 0 aliphatic carbocycles. The number of anilines is 2. The molecule has 2 rings (SSSR count). The van der Waals surface area contributed by atoms with E-state index in [9.17, 15) is 9.59 Å². The summed E-state index contributed by atoms with van der Waals surface area (Å²) in [7, 11) is 0. The van der Waals surface area contributed by atoms with Gasteiger partial charge in [-0.1, -0.05) is 99.8 Å². The van der Waals surface area contributed by atoms with E-state index in [1.54, 1.807) is 36.4 Å². The highest BCUT2D eigenvalue weighted by Crippen LogP contribution is 2.34. The molecule has 0 saturated carbocycles. The summed E-state index contributed by atoms with van der Waals surface area (Å²) in [4.78, 5) is 27.3. The largest absolute Gasteiger partial charge is 0.321 e. The van der Waals surface area contributed by atoms with Gasteiger partial charge in [-0.05, 0) is 73.2 Å². The third kappa shape index (κ3) is 9.05. The predicted octanol–water partition coefficient (Wildman–Crippen LogP) is 10.7. The molecular weight excluding hydrogens is 562 g/mol. The van der Waals surface area contributed by atoms with Crippen LogP contribution in [0.15, 0.2) is 58.7 Å². The van der Waals surface area contributed by atoms with Gasteiger partial charge in [0, 0.05) is 21.2 Å². The summed E-state index contributed by atoms with van der Waals surface area (Å²) in [6.45, 7) is 8.23. The maximum absolute atomic E-state index is 13.7. The molecule has 0 aliphatic heterocycles. The summed E-state index contributed by atoms with van der Waals surface area (Å²) in [5, 5.41) is 7.67. The quantitative estimate of drug-likeness (QED) is 0.178. The Hall–Kier alpha value is -1.98. The van der Waals surface area contributed by atoms with Crippen LogP contribution in [0.3, 0.4) is 0 Å². The van der Waals surface area contributed by atoms with E-state index in [-0.39, 0.29) is 11.8 Å². The van der Waals surface area contributed by atoms with Gasteiger partial charge in [-0.2, -0.15) is 0 Å². The Bertz CT molecular complexity index is 1110. The lowest BCUT2D eigenvalue weighted by molar-refractivity contribution is -0.114. The summed E-state index contributed by atoms with van der Waals surface area (Å²) in [6, 6.07) is 9.96. The van der Waals surface area contributed by atoms with Crippen LogP contribution in [0.1, 0.15) is 79.1 Å². The van der Waals surface area contributed by atoms with E-state index in [0.29, 0.717) is 68.3 Å². The first-order valence-corrected chi connectivity index (χ1v) is 14.6. The highest BCUT2D eigenvalue weighted by Gasteiger charge is 2.23. The van der Waals surface area contributed by atoms with E-state index < -0.39 is 0 Å². The molecule has 0 spiro atoms. The molecule has 0 radical (unpaired) electrons. The Morgan fingerprint density at radius 2 is 0.868 bits per heavy atom. The molecule has 0 atom stereocenters. The first-order chi connectivity index (χ1) is 18.2. The van der Waals surface area contributed by atoms with Gasteiger partial charge in [0.15, 0.2) is 0 Å². The fourth-order valence-electron chi connectivity index (χ4n) is 4.35. The molecule has 0 heterocycles. The highest BCUT2D eigenvalue weighted by atomic mass is 35.5. The summed E-state index contributed by atoms with van der Waals surface area (Å²) >= 11 is 24.8. The molecule has 2 N–H and O–H groups in total. The van der Waals surface area contributed by atoms with Gasteiger partial charge in [0.1, 0.15) is 0 Å². The van der Waals surface area contributed by atoms with Gasteiger partial charge in [-0.25, -0.2) is 0 Å². The molecule has 0 bridgehead atoms. The lowest BCUT2D eigenvalue weighted by Gasteiger charge is -2.22. The van der Waals surface area contributed by atoms with E-state index in [1.165, 1.54) is 0 Å². The number of hydrogen-bond acceptors (Lipinski definition) is 2. The fourth-order valence-corrected chi connectivity index (χ4v) is 5.26. The van der Waals surface area contributed by atoms with Gasteiger partial charge in [-0.3, -0.25) is 9.59 Å². The van der Waals surface area contributed by atoms with Gasteiger partial charge in [-0.15, -0.1) is 0 Å². The third-order valence-electron chi connectivity index (χ3n) is 6.00. The van der Waals surface area contributed by atoms with Crippen LogP contribution in [0.2, 0.25) is 20.1 Å². The van der Waals surface area contributed by atoms with E-state index in [4.69, 9.17) is 46.4 Å². The molecule has 0 fully saturated rings. The molecule has 2 aromatic carbocycles. The number of carbonyl (C=O) groups excluding carboxylic acids is 2. The number of hydrogen-bond donors (Lipinski definition) is 2. The van der Waals surface area contributed by atoms with Crippen LogP contribution < -0.4 is 10.6 Å². The Kier molecular flexibility index (Phi) is 13.7. The molecule has 4 nitrogen and oxygen atoms in total. The minimum atomic E-state index is -0.217. The second kappa shape index (κ2) is 16.2. The minimum Gasteiger partial charge on any atom is -0.321 e. The van der Waals surface area contributed by atoms with E-state index >= 15 is 0 Å². The second-order valence-corrected chi connectivity index (χ2v) is 10.8. The lowest BCUT2D eigenvalue weighted by atomic mass is 9.85. The average molecular weight is 598 g/mol. The average Bonchev–Trinajstić information content (AvgIpc) is 2.87. The van der Waals surface area contributed by atoms with Crippen molar-refractivity contribution in [1.82, 2.24) is 0 Å². The Labute approximate surface area is 246 Å². The minimum absolute atomic E-state index is 0.217. The van der Waals surface area contributed by atoms with Crippen molar-refractivity contribution in [3.8, 4) is 0 Å². The molecule has 2 aromatic rings. The zero-order valence-electron chi connectivity index (χ0n) is 22.4. The number of amides is 2. The van der Waals surface area contributed by atoms with Gasteiger partial charge in [0.25, 0.3) is 11.8 Å². The third-order valence-corrected chi connectivity index (χ3v) is 7.10. The number of allylic oxidation sites excluding steroid dienone is 2. The summed E-state index contributed by atoms with van der Waals surface area (Å²) in [5.41, 5.74) is 4.20. The van der Waals surface area contributed by atoms with Crippen molar-refractivity contribution in [2.45, 2.75) is 79.1 Å². The monoisotopic (exact) mass is 596 g/mol. The van der Waals surface area contributed by atoms with E-state index in [0.717, 1.165) is 36.8 Å². The van der Waals surface area contributed by atoms with Crippen LogP contribution in [-0.2, 0) is 9.59 Å². The zero-order chi connectivity index (χ0) is 28.2. The first-order valence-electron chi connectivity index (χ1n) is 13.1. The maximum Gasteiger partial charge on any atom is 0.251 e. The Balaban J connectivity index is 2.66. The van der Waals surface area contributed by atoms with Gasteiger partial charge in [0.05, 0.1) is 21.4 Å². The zero-order valence-corrected chi connectivity index (χ0v) is 25.5. The van der Waals surface area contributed by atoms with Crippen LogP contribution in [0, 0.1) is 0 Å². The van der Waals surface area contributed by atoms with Crippen LogP contribution in [0.25, 0.3) is 0 Å². The fraction of sp³-hybridized carbons (Fsp3) is 0.400. The lowest BCUT2D eigenvalue weighted by Crippen LogP contribution is -2.20. The summed E-state index contributed by atoms with van der Waals surface area (Å²) in [5.74, 6) is -0.435. The van der Waals surface area contributed by atoms with E-state index in [2.05, 4.69) is 24.5 Å². The normalized spacial score (nSPS) is 12.5. The van der Waals surface area contributed by atoms with Crippen LogP contribution in [0.4, 0.5) is 11.4 Å². The van der Waals surface area contributed by atoms with Crippen molar-refractivity contribution in [2.24, 2.45) is 0 Å². The molecule has 2 amide bonds. The van der Waals surface area contributed by atoms with Crippen molar-refractivity contribution < 1.29 is 9.59 Å². The first kappa shape index (κ1) is 32.2. The van der Waals surface area contributed by atoms with Crippen LogP contribution in [0.5, 0.6) is 0 Å². The molecule has 0 aromatic heterocycles. The number of nitrogens with one attached hydrogen (secondary N) is 2. The Morgan fingerprint density at radius 3 is 1.16 bits per heavy atom. The van der Waals surface area contributed by atoms with Gasteiger partial charge in [0.2, 0.25) is 0 Å². The number of halogens is 4. The number of benzene rings is 2. The molecule has 8 heteroatoms. The molecule has 206 valence electrons. The smallest absolute Gasteiger partial charge is 0.251 e. The molecule has 0 aliphatic rings. The summed E-state index contributed by atoms with van der Waals surface area (Å²) < 4.78 is 0. The molecule has 0 unspecified atom stereocenters. The van der Waals surface area contributed by atoms with Crippen LogP contribution in [-0.4, -0.2) is 11.8 Å². The predicted molar refractivity (Wildman–Crippen MR) is 164 cm³/mol. The van der Waals surface area contributed by atoms with Gasteiger partial charge >= 0.3 is 0 Å². The number of carbonyl (C=O) groups is 2. The number of rotatable bonds is 13. The maximum atomic E-state index is 13.7. The van der Waals surface area contributed by atoms with Gasteiger partial charge < -0.3 is 10.6 Å². The Morgan fingerprint density at radius 1 is 0.553 bits per heavy atom. The van der Waals surface area contributed by atoms with Crippen molar-refractivity contribution in [1.29, 1.82) is 0 Å². The standard InChI is InChI=1S/C30H36Cl4N2O2/c1-5-9-21(23(11-7-3)29(37)35-27-15-13-19(31)17-25(27)33)22(10-6-2)24(12-8-4)30(38)36-28-16-14-20(32)18-26(28)34/h13-18H,5-12H2,1-4H3,(H,35,37)(H,36,38)/b23-21-,24-22-. The van der Waals surface area contributed by atoms with E-state index in [1.807, 2.05) is 13.8 Å².